The summed E-state index contributed by atoms with van der Waals surface area (Å²) in [5.41, 5.74) is 4.60. The van der Waals surface area contributed by atoms with Crippen molar-refractivity contribution in [3.63, 3.8) is 0 Å². The molecule has 3 amide bonds. The highest BCUT2D eigenvalue weighted by atomic mass is 16.2. The van der Waals surface area contributed by atoms with Crippen LogP contribution in [0.3, 0.4) is 0 Å². The first kappa shape index (κ1) is 17.4. The molecule has 8 heteroatoms. The molecule has 142 valence electrons. The quantitative estimate of drug-likeness (QED) is 0.841. The van der Waals surface area contributed by atoms with Gasteiger partial charge < -0.3 is 20.0 Å². The second kappa shape index (κ2) is 6.29. The number of allylic oxidation sites excluding steroid dienone is 1. The monoisotopic (exact) mass is 368 g/mol. The molecular weight excluding hydrogens is 344 g/mol. The van der Waals surface area contributed by atoms with Gasteiger partial charge in [0.2, 0.25) is 5.96 Å². The molecule has 3 aliphatic heterocycles. The van der Waals surface area contributed by atoms with Gasteiger partial charge in [0.05, 0.1) is 0 Å². The van der Waals surface area contributed by atoms with Gasteiger partial charge in [0, 0.05) is 37.7 Å². The Balaban J connectivity index is 1.47. The van der Waals surface area contributed by atoms with Gasteiger partial charge in [-0.05, 0) is 32.4 Å². The summed E-state index contributed by atoms with van der Waals surface area (Å²) in [6.07, 6.45) is 1.45. The van der Waals surface area contributed by atoms with Gasteiger partial charge in [-0.15, -0.1) is 0 Å². The fraction of sp³-hybridized carbons (Fsp3) is 0.421. The number of urea groups is 1. The third kappa shape index (κ3) is 2.81. The summed E-state index contributed by atoms with van der Waals surface area (Å²) >= 11 is 0. The molecule has 3 aliphatic rings. The van der Waals surface area contributed by atoms with Gasteiger partial charge in [-0.2, -0.15) is 0 Å². The van der Waals surface area contributed by atoms with E-state index in [0.29, 0.717) is 6.54 Å². The molecule has 0 spiro atoms. The third-order valence-corrected chi connectivity index (χ3v) is 5.30. The van der Waals surface area contributed by atoms with Crippen LogP contribution in [0.15, 0.2) is 35.1 Å². The largest absolute Gasteiger partial charge is 0.383 e. The van der Waals surface area contributed by atoms with E-state index < -0.39 is 18.2 Å². The Kier molecular flexibility index (Phi) is 4.05. The second-order valence-electron chi connectivity index (χ2n) is 7.27. The van der Waals surface area contributed by atoms with Crippen molar-refractivity contribution in [1.29, 1.82) is 0 Å². The minimum Gasteiger partial charge on any atom is -0.383 e. The second-order valence-corrected chi connectivity index (χ2v) is 7.27. The summed E-state index contributed by atoms with van der Waals surface area (Å²) in [6.45, 7) is 7.62. The Labute approximate surface area is 158 Å². The van der Waals surface area contributed by atoms with Crippen LogP contribution in [-0.2, 0) is 4.79 Å². The number of aliphatic imine (C=N–C) groups is 1. The normalized spacial score (nSPS) is 23.8. The van der Waals surface area contributed by atoms with E-state index in [1.54, 1.807) is 7.05 Å². The molecule has 2 unspecified atom stereocenters. The first-order chi connectivity index (χ1) is 12.9. The number of guanidine groups is 1. The number of nitrogens with one attached hydrogen (secondary N) is 2. The van der Waals surface area contributed by atoms with Crippen molar-refractivity contribution in [3.8, 4) is 0 Å². The number of fused-ring (bicyclic) bond motifs is 3. The zero-order chi connectivity index (χ0) is 19.3. The number of nitrogens with zero attached hydrogens (tertiary/aromatic N) is 4. The summed E-state index contributed by atoms with van der Waals surface area (Å²) in [4.78, 5) is 34.3. The first-order valence-corrected chi connectivity index (χ1v) is 9.07. The maximum absolute atomic E-state index is 12.3. The number of carbonyl (C=O) groups is 2. The predicted octanol–water partition coefficient (Wildman–Crippen LogP) is 1.44. The summed E-state index contributed by atoms with van der Waals surface area (Å²) in [7, 11) is 1.66. The Morgan fingerprint density at radius 3 is 2.74 bits per heavy atom. The van der Waals surface area contributed by atoms with Crippen LogP contribution in [0.2, 0.25) is 0 Å². The Hall–Kier alpha value is -3.03. The van der Waals surface area contributed by atoms with Gasteiger partial charge in [0.25, 0.3) is 5.91 Å². The van der Waals surface area contributed by atoms with Crippen molar-refractivity contribution < 1.29 is 9.59 Å². The molecule has 4 rings (SSSR count). The van der Waals surface area contributed by atoms with Crippen molar-refractivity contribution in [2.24, 2.45) is 4.99 Å². The maximum atomic E-state index is 12.3. The molecule has 0 aliphatic carbocycles. The molecular formula is C19H24N6O2. The van der Waals surface area contributed by atoms with E-state index >= 15 is 0 Å². The zero-order valence-corrected chi connectivity index (χ0v) is 16.0. The topological polar surface area (TPSA) is 80.3 Å². The summed E-state index contributed by atoms with van der Waals surface area (Å²) in [5, 5.41) is 5.86. The van der Waals surface area contributed by atoms with Crippen molar-refractivity contribution in [2.45, 2.75) is 33.0 Å². The Morgan fingerprint density at radius 1 is 1.22 bits per heavy atom. The SMILES string of the molecule is CC1=CN2C(=NC3C2C(=O)NC(=O)N3C)N1CCNc1ccc(C)cc1C. The molecule has 8 nitrogen and oxygen atoms in total. The van der Waals surface area contributed by atoms with Gasteiger partial charge in [-0.25, -0.2) is 9.79 Å². The zero-order valence-electron chi connectivity index (χ0n) is 16.0. The molecule has 1 aromatic rings. The number of aryl methyl sites for hydroxylation is 2. The Bertz CT molecular complexity index is 877. The average molecular weight is 368 g/mol. The number of carbonyl (C=O) groups excluding carboxylic acids is 2. The number of benzene rings is 1. The van der Waals surface area contributed by atoms with Crippen molar-refractivity contribution in [1.82, 2.24) is 20.0 Å². The fourth-order valence-electron chi connectivity index (χ4n) is 3.84. The highest BCUT2D eigenvalue weighted by molar-refractivity contribution is 6.04. The Morgan fingerprint density at radius 2 is 2.00 bits per heavy atom. The molecule has 27 heavy (non-hydrogen) atoms. The summed E-state index contributed by atoms with van der Waals surface area (Å²) in [6, 6.07) is 5.43. The molecule has 1 aromatic carbocycles. The van der Waals surface area contributed by atoms with E-state index in [-0.39, 0.29) is 5.91 Å². The number of rotatable bonds is 4. The van der Waals surface area contributed by atoms with E-state index in [9.17, 15) is 9.59 Å². The average Bonchev–Trinajstić information content (AvgIpc) is 3.11. The number of amides is 3. The lowest BCUT2D eigenvalue weighted by molar-refractivity contribution is -0.126. The van der Waals surface area contributed by atoms with Gasteiger partial charge in [0.1, 0.15) is 0 Å². The lowest BCUT2D eigenvalue weighted by Gasteiger charge is -2.34. The number of likely N-dealkylation sites (N-methyl/N-ethyl adjacent to an activating group) is 1. The van der Waals surface area contributed by atoms with Crippen LogP contribution in [0, 0.1) is 13.8 Å². The van der Waals surface area contributed by atoms with Crippen molar-refractivity contribution in [3.05, 3.63) is 41.2 Å². The van der Waals surface area contributed by atoms with Crippen molar-refractivity contribution in [2.75, 3.05) is 25.5 Å². The van der Waals surface area contributed by atoms with Gasteiger partial charge in [-0.3, -0.25) is 10.1 Å². The molecule has 0 radical (unpaired) electrons. The minimum absolute atomic E-state index is 0.304. The van der Waals surface area contributed by atoms with Crippen LogP contribution in [0.1, 0.15) is 18.1 Å². The molecule has 0 bridgehead atoms. The third-order valence-electron chi connectivity index (χ3n) is 5.30. The molecule has 2 atom stereocenters. The molecule has 1 fully saturated rings. The molecule has 0 saturated carbocycles. The standard InChI is InChI=1S/C19H24N6O2/c1-11-5-6-14(12(2)9-11)20-7-8-24-13(3)10-25-15-16(21-18(24)25)23(4)19(27)22-17(15)26/h5-6,9-10,15-16,20H,7-8H2,1-4H3,(H,22,26,27). The lowest BCUT2D eigenvalue weighted by atomic mass is 10.1. The molecule has 2 N–H and O–H groups in total. The van der Waals surface area contributed by atoms with Crippen LogP contribution >= 0.6 is 0 Å². The molecule has 1 saturated heterocycles. The lowest BCUT2D eigenvalue weighted by Crippen LogP contribution is -2.62. The van der Waals surface area contributed by atoms with Gasteiger partial charge >= 0.3 is 6.03 Å². The number of imide groups is 1. The van der Waals surface area contributed by atoms with E-state index in [4.69, 9.17) is 0 Å². The van der Waals surface area contributed by atoms with E-state index in [1.807, 2.05) is 18.0 Å². The maximum Gasteiger partial charge on any atom is 0.325 e. The summed E-state index contributed by atoms with van der Waals surface area (Å²) < 4.78 is 0. The highest BCUT2D eigenvalue weighted by Crippen LogP contribution is 2.31. The number of hydrogen-bond donors (Lipinski definition) is 2. The number of anilines is 1. The van der Waals surface area contributed by atoms with Gasteiger partial charge in [0.15, 0.2) is 12.2 Å². The van der Waals surface area contributed by atoms with Crippen LogP contribution in [0.4, 0.5) is 10.5 Å². The smallest absolute Gasteiger partial charge is 0.325 e. The first-order valence-electron chi connectivity index (χ1n) is 9.07. The highest BCUT2D eigenvalue weighted by Gasteiger charge is 2.51. The summed E-state index contributed by atoms with van der Waals surface area (Å²) in [5.74, 6) is 0.419. The van der Waals surface area contributed by atoms with Crippen LogP contribution in [-0.4, -0.2) is 64.9 Å². The van der Waals surface area contributed by atoms with Crippen LogP contribution in [0.25, 0.3) is 0 Å². The van der Waals surface area contributed by atoms with Crippen LogP contribution in [0.5, 0.6) is 0 Å². The minimum atomic E-state index is -0.505. The number of hydrogen-bond acceptors (Lipinski definition) is 6. The van der Waals surface area contributed by atoms with Crippen molar-refractivity contribution >= 4 is 23.6 Å². The van der Waals surface area contributed by atoms with Crippen LogP contribution < -0.4 is 10.6 Å². The predicted molar refractivity (Wildman–Crippen MR) is 103 cm³/mol. The van der Waals surface area contributed by atoms with E-state index in [0.717, 1.165) is 23.9 Å². The molecule has 3 heterocycles. The fourth-order valence-corrected chi connectivity index (χ4v) is 3.84. The van der Waals surface area contributed by atoms with E-state index in [2.05, 4.69) is 52.6 Å². The van der Waals surface area contributed by atoms with Gasteiger partial charge in [-0.1, -0.05) is 17.7 Å². The molecule has 0 aromatic heterocycles. The van der Waals surface area contributed by atoms with E-state index in [1.165, 1.54) is 16.0 Å².